The number of para-hydroxylation sites is 2. The summed E-state index contributed by atoms with van der Waals surface area (Å²) in [5.74, 6) is 2.11. The molecule has 2 aromatic carbocycles. The van der Waals surface area contributed by atoms with Gasteiger partial charge in [0.15, 0.2) is 0 Å². The number of alkyl halides is 1. The second kappa shape index (κ2) is 4.85. The van der Waals surface area contributed by atoms with Gasteiger partial charge in [0, 0.05) is 5.56 Å². The quantitative estimate of drug-likeness (QED) is 0.701. The van der Waals surface area contributed by atoms with Crippen molar-refractivity contribution in [3.8, 4) is 11.5 Å². The standard InChI is InChI=1S/C13H11ClO/c14-10-11-6-4-5-9-13(11)15-12-7-2-1-3-8-12/h1-9H,10H2. The molecule has 2 heteroatoms. The van der Waals surface area contributed by atoms with Crippen LogP contribution in [0.4, 0.5) is 0 Å². The summed E-state index contributed by atoms with van der Waals surface area (Å²) in [6.45, 7) is 0. The summed E-state index contributed by atoms with van der Waals surface area (Å²) < 4.78 is 5.72. The third-order valence-electron chi connectivity index (χ3n) is 2.09. The highest BCUT2D eigenvalue weighted by Gasteiger charge is 2.01. The van der Waals surface area contributed by atoms with Crippen LogP contribution in [0.2, 0.25) is 0 Å². The van der Waals surface area contributed by atoms with Gasteiger partial charge in [0.2, 0.25) is 0 Å². The second-order valence-corrected chi connectivity index (χ2v) is 3.42. The monoisotopic (exact) mass is 218 g/mol. The maximum atomic E-state index is 5.82. The highest BCUT2D eigenvalue weighted by atomic mass is 35.5. The maximum Gasteiger partial charge on any atom is 0.131 e. The minimum absolute atomic E-state index is 0.461. The average Bonchev–Trinajstić information content (AvgIpc) is 2.31. The van der Waals surface area contributed by atoms with E-state index in [4.69, 9.17) is 16.3 Å². The Hall–Kier alpha value is -1.47. The summed E-state index contributed by atoms with van der Waals surface area (Å²) in [5.41, 5.74) is 1.00. The molecule has 0 heterocycles. The molecule has 1 nitrogen and oxygen atoms in total. The van der Waals surface area contributed by atoms with Crippen LogP contribution in [0.5, 0.6) is 11.5 Å². The van der Waals surface area contributed by atoms with Crippen LogP contribution in [0, 0.1) is 0 Å². The SMILES string of the molecule is ClCc1ccccc1Oc1ccccc1. The average molecular weight is 219 g/mol. The lowest BCUT2D eigenvalue weighted by molar-refractivity contribution is 0.478. The predicted molar refractivity (Wildman–Crippen MR) is 62.5 cm³/mol. The highest BCUT2D eigenvalue weighted by Crippen LogP contribution is 2.25. The van der Waals surface area contributed by atoms with E-state index in [1.54, 1.807) is 0 Å². The number of benzene rings is 2. The van der Waals surface area contributed by atoms with E-state index in [0.29, 0.717) is 5.88 Å². The summed E-state index contributed by atoms with van der Waals surface area (Å²) >= 11 is 5.82. The zero-order valence-electron chi connectivity index (χ0n) is 8.19. The molecule has 2 rings (SSSR count). The van der Waals surface area contributed by atoms with Crippen LogP contribution in [0.15, 0.2) is 54.6 Å². The lowest BCUT2D eigenvalue weighted by Gasteiger charge is -2.08. The molecule has 15 heavy (non-hydrogen) atoms. The molecule has 76 valence electrons. The van der Waals surface area contributed by atoms with E-state index in [2.05, 4.69) is 0 Å². The Bertz CT molecular complexity index is 426. The molecule has 0 aliphatic heterocycles. The van der Waals surface area contributed by atoms with Gasteiger partial charge in [-0.25, -0.2) is 0 Å². The number of hydrogen-bond donors (Lipinski definition) is 0. The molecule has 0 saturated carbocycles. The summed E-state index contributed by atoms with van der Waals surface area (Å²) in [4.78, 5) is 0. The molecular formula is C13H11ClO. The lowest BCUT2D eigenvalue weighted by Crippen LogP contribution is -1.88. The van der Waals surface area contributed by atoms with Crippen LogP contribution in [-0.4, -0.2) is 0 Å². The summed E-state index contributed by atoms with van der Waals surface area (Å²) in [6.07, 6.45) is 0. The Morgan fingerprint density at radius 3 is 2.27 bits per heavy atom. The summed E-state index contributed by atoms with van der Waals surface area (Å²) in [7, 11) is 0. The van der Waals surface area contributed by atoms with E-state index in [1.165, 1.54) is 0 Å². The zero-order valence-corrected chi connectivity index (χ0v) is 8.95. The molecule has 0 spiro atoms. The topological polar surface area (TPSA) is 9.23 Å². The van der Waals surface area contributed by atoms with Gasteiger partial charge in [-0.3, -0.25) is 0 Å². The van der Waals surface area contributed by atoms with Crippen LogP contribution in [0.1, 0.15) is 5.56 Å². The molecule has 0 aromatic heterocycles. The Morgan fingerprint density at radius 2 is 1.53 bits per heavy atom. The first kappa shape index (κ1) is 10.1. The van der Waals surface area contributed by atoms with Crippen molar-refractivity contribution in [3.63, 3.8) is 0 Å². The van der Waals surface area contributed by atoms with Gasteiger partial charge in [-0.1, -0.05) is 36.4 Å². The van der Waals surface area contributed by atoms with Crippen molar-refractivity contribution in [2.24, 2.45) is 0 Å². The Balaban J connectivity index is 2.24. The van der Waals surface area contributed by atoms with Crippen LogP contribution in [-0.2, 0) is 5.88 Å². The Kier molecular flexibility index (Phi) is 3.25. The number of halogens is 1. The molecule has 0 aliphatic carbocycles. The van der Waals surface area contributed by atoms with Crippen LogP contribution in [0.3, 0.4) is 0 Å². The van der Waals surface area contributed by atoms with Crippen LogP contribution < -0.4 is 4.74 Å². The maximum absolute atomic E-state index is 5.82. The fourth-order valence-corrected chi connectivity index (χ4v) is 1.55. The van der Waals surface area contributed by atoms with Crippen LogP contribution >= 0.6 is 11.6 Å². The largest absolute Gasteiger partial charge is 0.457 e. The van der Waals surface area contributed by atoms with E-state index >= 15 is 0 Å². The summed E-state index contributed by atoms with van der Waals surface area (Å²) in [6, 6.07) is 17.5. The van der Waals surface area contributed by atoms with E-state index in [1.807, 2.05) is 54.6 Å². The molecule has 0 amide bonds. The summed E-state index contributed by atoms with van der Waals surface area (Å²) in [5, 5.41) is 0. The van der Waals surface area contributed by atoms with Crippen LogP contribution in [0.25, 0.3) is 0 Å². The van der Waals surface area contributed by atoms with E-state index in [0.717, 1.165) is 17.1 Å². The molecule has 0 radical (unpaired) electrons. The molecular weight excluding hydrogens is 208 g/mol. The van der Waals surface area contributed by atoms with Gasteiger partial charge in [0.25, 0.3) is 0 Å². The first-order chi connectivity index (χ1) is 7.40. The molecule has 0 aliphatic rings. The molecule has 0 saturated heterocycles. The van der Waals surface area contributed by atoms with Crippen molar-refractivity contribution in [1.29, 1.82) is 0 Å². The van der Waals surface area contributed by atoms with Gasteiger partial charge in [0.1, 0.15) is 11.5 Å². The Labute approximate surface area is 94.3 Å². The smallest absolute Gasteiger partial charge is 0.131 e. The Morgan fingerprint density at radius 1 is 0.867 bits per heavy atom. The third kappa shape index (κ3) is 2.51. The van der Waals surface area contributed by atoms with Crippen molar-refractivity contribution in [2.45, 2.75) is 5.88 Å². The van der Waals surface area contributed by atoms with Gasteiger partial charge >= 0.3 is 0 Å². The first-order valence-electron chi connectivity index (χ1n) is 4.77. The van der Waals surface area contributed by atoms with Crippen molar-refractivity contribution in [2.75, 3.05) is 0 Å². The third-order valence-corrected chi connectivity index (χ3v) is 2.38. The normalized spacial score (nSPS) is 9.93. The van der Waals surface area contributed by atoms with Gasteiger partial charge < -0.3 is 4.74 Å². The fraction of sp³-hybridized carbons (Fsp3) is 0.0769. The number of rotatable bonds is 3. The zero-order chi connectivity index (χ0) is 10.5. The fourth-order valence-electron chi connectivity index (χ4n) is 1.33. The minimum atomic E-state index is 0.461. The molecule has 2 aromatic rings. The van der Waals surface area contributed by atoms with E-state index in [-0.39, 0.29) is 0 Å². The van der Waals surface area contributed by atoms with E-state index in [9.17, 15) is 0 Å². The first-order valence-corrected chi connectivity index (χ1v) is 5.30. The lowest BCUT2D eigenvalue weighted by atomic mass is 10.2. The minimum Gasteiger partial charge on any atom is -0.457 e. The van der Waals surface area contributed by atoms with E-state index < -0.39 is 0 Å². The van der Waals surface area contributed by atoms with Crippen molar-refractivity contribution < 1.29 is 4.74 Å². The van der Waals surface area contributed by atoms with Gasteiger partial charge in [-0.05, 0) is 18.2 Å². The highest BCUT2D eigenvalue weighted by molar-refractivity contribution is 6.17. The van der Waals surface area contributed by atoms with Gasteiger partial charge in [-0.2, -0.15) is 0 Å². The van der Waals surface area contributed by atoms with Gasteiger partial charge in [0.05, 0.1) is 5.88 Å². The molecule has 0 atom stereocenters. The molecule has 0 unspecified atom stereocenters. The number of hydrogen-bond acceptors (Lipinski definition) is 1. The molecule has 0 N–H and O–H groups in total. The van der Waals surface area contributed by atoms with Gasteiger partial charge in [-0.15, -0.1) is 11.6 Å². The van der Waals surface area contributed by atoms with Crippen molar-refractivity contribution >= 4 is 11.6 Å². The predicted octanol–water partition coefficient (Wildman–Crippen LogP) is 4.22. The molecule has 0 fully saturated rings. The van der Waals surface area contributed by atoms with Crippen molar-refractivity contribution in [3.05, 3.63) is 60.2 Å². The number of ether oxygens (including phenoxy) is 1. The second-order valence-electron chi connectivity index (χ2n) is 3.16. The van der Waals surface area contributed by atoms with Crippen molar-refractivity contribution in [1.82, 2.24) is 0 Å². The molecule has 0 bridgehead atoms.